The molecule has 2 fully saturated rings. The van der Waals surface area contributed by atoms with Gasteiger partial charge >= 0.3 is 0 Å². The third kappa shape index (κ3) is 2.88. The first-order chi connectivity index (χ1) is 13.4. The zero-order chi connectivity index (χ0) is 19.9. The van der Waals surface area contributed by atoms with Gasteiger partial charge in [-0.3, -0.25) is 15.1 Å². The molecule has 1 aromatic carbocycles. The van der Waals surface area contributed by atoms with Crippen molar-refractivity contribution >= 4 is 11.9 Å². The summed E-state index contributed by atoms with van der Waals surface area (Å²) in [6.07, 6.45) is 1.76. The van der Waals surface area contributed by atoms with Crippen LogP contribution in [0, 0.1) is 23.0 Å². The second-order valence-corrected chi connectivity index (χ2v) is 6.77. The van der Waals surface area contributed by atoms with Crippen LogP contribution in [0.2, 0.25) is 0 Å². The lowest BCUT2D eigenvalue weighted by Gasteiger charge is -2.49. The van der Waals surface area contributed by atoms with E-state index in [0.717, 1.165) is 0 Å². The van der Waals surface area contributed by atoms with E-state index in [4.69, 9.17) is 14.9 Å². The Labute approximate surface area is 159 Å². The first kappa shape index (κ1) is 18.3. The average molecular weight is 388 g/mol. The zero-order valence-corrected chi connectivity index (χ0v) is 15.0. The molecule has 3 heterocycles. The molecule has 146 valence electrons. The molecule has 1 amide bonds. The summed E-state index contributed by atoms with van der Waals surface area (Å²) >= 11 is 0. The number of guanidine groups is 1. The highest BCUT2D eigenvalue weighted by atomic mass is 19.1. The van der Waals surface area contributed by atoms with Crippen LogP contribution >= 0.6 is 0 Å². The van der Waals surface area contributed by atoms with Crippen molar-refractivity contribution in [3.05, 3.63) is 53.7 Å². The predicted molar refractivity (Wildman–Crippen MR) is 94.9 cm³/mol. The molecule has 2 atom stereocenters. The van der Waals surface area contributed by atoms with E-state index in [1.807, 2.05) is 0 Å². The number of nitrogens with one attached hydrogen (secondary N) is 2. The Morgan fingerprint density at radius 3 is 2.96 bits per heavy atom. The van der Waals surface area contributed by atoms with Crippen molar-refractivity contribution in [3.8, 4) is 11.6 Å². The van der Waals surface area contributed by atoms with Gasteiger partial charge < -0.3 is 14.8 Å². The predicted octanol–water partition coefficient (Wildman–Crippen LogP) is 2.38. The van der Waals surface area contributed by atoms with Gasteiger partial charge in [0.05, 0.1) is 12.5 Å². The topological polar surface area (TPSA) is 87.5 Å². The van der Waals surface area contributed by atoms with Gasteiger partial charge in [0.15, 0.2) is 11.8 Å². The van der Waals surface area contributed by atoms with Crippen molar-refractivity contribution in [2.75, 3.05) is 20.3 Å². The van der Waals surface area contributed by atoms with Crippen molar-refractivity contribution in [1.29, 1.82) is 5.41 Å². The molecule has 2 aliphatic heterocycles. The Kier molecular flexibility index (Phi) is 4.46. The lowest BCUT2D eigenvalue weighted by atomic mass is 9.73. The van der Waals surface area contributed by atoms with Gasteiger partial charge in [-0.05, 0) is 36.8 Å². The van der Waals surface area contributed by atoms with Gasteiger partial charge in [0.2, 0.25) is 5.91 Å². The Morgan fingerprint density at radius 2 is 2.18 bits per heavy atom. The molecule has 2 N–H and O–H groups in total. The summed E-state index contributed by atoms with van der Waals surface area (Å²) in [6.45, 7) is 0.371. The minimum Gasteiger partial charge on any atom is -0.436 e. The molecular formula is C19H18F2N4O3. The van der Waals surface area contributed by atoms with Gasteiger partial charge in [0.1, 0.15) is 17.1 Å². The number of benzene rings is 1. The van der Waals surface area contributed by atoms with Crippen molar-refractivity contribution in [1.82, 2.24) is 15.2 Å². The number of carbonyl (C=O) groups is 1. The van der Waals surface area contributed by atoms with Crippen LogP contribution in [-0.4, -0.2) is 42.0 Å². The van der Waals surface area contributed by atoms with Crippen LogP contribution in [0.4, 0.5) is 8.78 Å². The molecule has 0 bridgehead atoms. The first-order valence-corrected chi connectivity index (χ1v) is 8.73. The van der Waals surface area contributed by atoms with E-state index in [1.165, 1.54) is 48.5 Å². The highest BCUT2D eigenvalue weighted by molar-refractivity contribution is 6.00. The largest absolute Gasteiger partial charge is 0.436 e. The molecule has 0 radical (unpaired) electrons. The van der Waals surface area contributed by atoms with Crippen molar-refractivity contribution in [2.24, 2.45) is 5.92 Å². The molecule has 2 aliphatic rings. The lowest BCUT2D eigenvalue weighted by molar-refractivity contribution is -0.143. The summed E-state index contributed by atoms with van der Waals surface area (Å²) in [5.41, 5.74) is -1.12. The quantitative estimate of drug-likeness (QED) is 0.843. The molecular weight excluding hydrogens is 370 g/mol. The van der Waals surface area contributed by atoms with Gasteiger partial charge in [-0.25, -0.2) is 13.8 Å². The third-order valence-electron chi connectivity index (χ3n) is 5.14. The van der Waals surface area contributed by atoms with Gasteiger partial charge in [-0.1, -0.05) is 0 Å². The lowest BCUT2D eigenvalue weighted by Crippen LogP contribution is -2.68. The first-order valence-electron chi connectivity index (χ1n) is 8.73. The van der Waals surface area contributed by atoms with Crippen LogP contribution in [0.5, 0.6) is 11.6 Å². The maximum Gasteiger partial charge on any atom is 0.255 e. The molecule has 2 aromatic rings. The van der Waals surface area contributed by atoms with E-state index in [0.29, 0.717) is 13.0 Å². The molecule has 2 unspecified atom stereocenters. The molecule has 2 saturated heterocycles. The van der Waals surface area contributed by atoms with Gasteiger partial charge in [0.25, 0.3) is 5.88 Å². The van der Waals surface area contributed by atoms with Gasteiger partial charge in [0, 0.05) is 25.4 Å². The number of rotatable bonds is 3. The number of pyridine rings is 1. The van der Waals surface area contributed by atoms with Crippen LogP contribution in [0.3, 0.4) is 0 Å². The summed E-state index contributed by atoms with van der Waals surface area (Å²) in [6, 6.07) is 6.56. The van der Waals surface area contributed by atoms with E-state index in [2.05, 4.69) is 10.3 Å². The van der Waals surface area contributed by atoms with Crippen LogP contribution in [-0.2, 0) is 15.1 Å². The van der Waals surface area contributed by atoms with Crippen molar-refractivity contribution < 1.29 is 23.0 Å². The highest BCUT2D eigenvalue weighted by Crippen LogP contribution is 2.41. The smallest absolute Gasteiger partial charge is 0.255 e. The number of aromatic nitrogens is 1. The molecule has 0 spiro atoms. The van der Waals surface area contributed by atoms with Crippen LogP contribution in [0.25, 0.3) is 0 Å². The SMILES string of the molecule is CN1C(=N)NC2(c3cc(Oc4ncccc4F)ccc3F)COCCC2C1=O. The monoisotopic (exact) mass is 388 g/mol. The molecule has 0 aliphatic carbocycles. The van der Waals surface area contributed by atoms with Gasteiger partial charge in [-0.15, -0.1) is 0 Å². The second-order valence-electron chi connectivity index (χ2n) is 6.77. The number of amides is 1. The Hall–Kier alpha value is -3.07. The molecule has 0 saturated carbocycles. The maximum atomic E-state index is 14.9. The number of fused-ring (bicyclic) bond motifs is 1. The normalized spacial score (nSPS) is 24.5. The highest BCUT2D eigenvalue weighted by Gasteiger charge is 2.53. The Bertz CT molecular complexity index is 955. The fourth-order valence-corrected chi connectivity index (χ4v) is 3.68. The Morgan fingerprint density at radius 1 is 1.36 bits per heavy atom. The van der Waals surface area contributed by atoms with Crippen LogP contribution < -0.4 is 10.1 Å². The summed E-state index contributed by atoms with van der Waals surface area (Å²) in [5.74, 6) is -2.36. The van der Waals surface area contributed by atoms with Crippen LogP contribution in [0.15, 0.2) is 36.5 Å². The second kappa shape index (κ2) is 6.83. The average Bonchev–Trinajstić information content (AvgIpc) is 2.69. The molecule has 4 rings (SSSR count). The summed E-state index contributed by atoms with van der Waals surface area (Å²) in [5, 5.41) is 11.0. The Balaban J connectivity index is 1.77. The number of hydrogen-bond donors (Lipinski definition) is 2. The summed E-state index contributed by atoms with van der Waals surface area (Å²) in [4.78, 5) is 17.8. The van der Waals surface area contributed by atoms with Crippen molar-refractivity contribution in [2.45, 2.75) is 12.0 Å². The number of hydrogen-bond acceptors (Lipinski definition) is 5. The van der Waals surface area contributed by atoms with E-state index in [9.17, 15) is 13.6 Å². The maximum absolute atomic E-state index is 14.9. The minimum atomic E-state index is -1.24. The summed E-state index contributed by atoms with van der Waals surface area (Å²) in [7, 11) is 1.50. The van der Waals surface area contributed by atoms with E-state index in [-0.39, 0.29) is 35.7 Å². The zero-order valence-electron chi connectivity index (χ0n) is 15.0. The van der Waals surface area contributed by atoms with Crippen molar-refractivity contribution in [3.63, 3.8) is 0 Å². The minimum absolute atomic E-state index is 0.0119. The fourth-order valence-electron chi connectivity index (χ4n) is 3.68. The molecule has 1 aromatic heterocycles. The number of nitrogens with zero attached hydrogens (tertiary/aromatic N) is 2. The number of ether oxygens (including phenoxy) is 2. The standard InChI is InChI=1S/C19H18F2N4O3/c1-25-17(26)12-6-8-27-10-19(12,24-18(25)22)13-9-11(4-5-14(13)20)28-16-15(21)3-2-7-23-16/h2-5,7,9,12H,6,8,10H2,1H3,(H2,22,24). The number of halogens is 2. The van der Waals surface area contributed by atoms with Gasteiger partial charge in [-0.2, -0.15) is 0 Å². The molecule has 28 heavy (non-hydrogen) atoms. The van der Waals surface area contributed by atoms with Crippen LogP contribution in [0.1, 0.15) is 12.0 Å². The third-order valence-corrected chi connectivity index (χ3v) is 5.14. The van der Waals surface area contributed by atoms with E-state index < -0.39 is 23.1 Å². The fraction of sp³-hybridized carbons (Fsp3) is 0.316. The molecule has 9 heteroatoms. The van der Waals surface area contributed by atoms with E-state index in [1.54, 1.807) is 0 Å². The molecule has 7 nitrogen and oxygen atoms in total. The van der Waals surface area contributed by atoms with E-state index >= 15 is 0 Å². The summed E-state index contributed by atoms with van der Waals surface area (Å²) < 4.78 is 39.7. The number of carbonyl (C=O) groups excluding carboxylic acids is 1.